The minimum absolute atomic E-state index is 0.114. The summed E-state index contributed by atoms with van der Waals surface area (Å²) >= 11 is 0. The van der Waals surface area contributed by atoms with Gasteiger partial charge in [-0.2, -0.15) is 0 Å². The summed E-state index contributed by atoms with van der Waals surface area (Å²) in [5.41, 5.74) is 1.88. The first kappa shape index (κ1) is 21.4. The number of rotatable bonds is 7. The van der Waals surface area contributed by atoms with Crippen LogP contribution in [0.4, 0.5) is 10.1 Å². The summed E-state index contributed by atoms with van der Waals surface area (Å²) < 4.78 is 24.8. The van der Waals surface area contributed by atoms with E-state index in [9.17, 15) is 14.0 Å². The van der Waals surface area contributed by atoms with E-state index in [1.807, 2.05) is 24.3 Å². The molecule has 0 aliphatic carbocycles. The minimum atomic E-state index is -0.611. The van der Waals surface area contributed by atoms with Crippen LogP contribution >= 0.6 is 0 Å². The predicted molar refractivity (Wildman–Crippen MR) is 118 cm³/mol. The number of halogens is 1. The van der Waals surface area contributed by atoms with E-state index < -0.39 is 11.9 Å². The molecule has 2 N–H and O–H groups in total. The quantitative estimate of drug-likeness (QED) is 0.590. The Morgan fingerprint density at radius 3 is 2.69 bits per heavy atom. The molecule has 6 nitrogen and oxygen atoms in total. The largest absolute Gasteiger partial charge is 0.488 e. The fraction of sp³-hybridized carbons (Fsp3) is 0.200. The number of ether oxygens (including phenoxy) is 2. The van der Waals surface area contributed by atoms with Gasteiger partial charge in [-0.15, -0.1) is 0 Å². The van der Waals surface area contributed by atoms with Gasteiger partial charge in [0.15, 0.2) is 17.7 Å². The van der Waals surface area contributed by atoms with Crippen LogP contribution in [0.15, 0.2) is 72.8 Å². The van der Waals surface area contributed by atoms with Crippen molar-refractivity contribution in [3.63, 3.8) is 0 Å². The first-order chi connectivity index (χ1) is 15.5. The van der Waals surface area contributed by atoms with Crippen molar-refractivity contribution >= 4 is 17.5 Å². The Kier molecular flexibility index (Phi) is 6.35. The fourth-order valence-corrected chi connectivity index (χ4v) is 3.41. The Morgan fingerprint density at radius 2 is 1.88 bits per heavy atom. The number of amides is 2. The number of carbonyl (C=O) groups is 2. The lowest BCUT2D eigenvalue weighted by molar-refractivity contribution is -0.122. The lowest BCUT2D eigenvalue weighted by atomic mass is 10.1. The van der Waals surface area contributed by atoms with Gasteiger partial charge in [-0.05, 0) is 48.9 Å². The second kappa shape index (κ2) is 9.51. The van der Waals surface area contributed by atoms with Crippen LogP contribution in [-0.2, 0) is 11.2 Å². The van der Waals surface area contributed by atoms with Gasteiger partial charge in [0.05, 0.1) is 6.04 Å². The third-order valence-corrected chi connectivity index (χ3v) is 5.03. The molecule has 3 aromatic rings. The molecule has 0 aromatic heterocycles. The van der Waals surface area contributed by atoms with E-state index in [1.54, 1.807) is 43.3 Å². The van der Waals surface area contributed by atoms with Crippen LogP contribution in [0.5, 0.6) is 11.5 Å². The molecule has 164 valence electrons. The molecule has 3 aromatic carbocycles. The summed E-state index contributed by atoms with van der Waals surface area (Å²) in [7, 11) is 0. The van der Waals surface area contributed by atoms with Gasteiger partial charge in [0.25, 0.3) is 11.8 Å². The minimum Gasteiger partial charge on any atom is -0.488 e. The van der Waals surface area contributed by atoms with Gasteiger partial charge in [0, 0.05) is 17.7 Å². The summed E-state index contributed by atoms with van der Waals surface area (Å²) in [6.45, 7) is 1.88. The van der Waals surface area contributed by atoms with Crippen LogP contribution in [0.25, 0.3) is 0 Å². The Bertz CT molecular complexity index is 1110. The lowest BCUT2D eigenvalue weighted by Crippen LogP contribution is -2.37. The number of anilines is 1. The number of carbonyl (C=O) groups excluding carboxylic acids is 2. The maximum Gasteiger partial charge on any atom is 0.265 e. The molecule has 32 heavy (non-hydrogen) atoms. The zero-order valence-corrected chi connectivity index (χ0v) is 17.5. The van der Waals surface area contributed by atoms with Crippen LogP contribution in [0.1, 0.15) is 22.8 Å². The monoisotopic (exact) mass is 434 g/mol. The highest BCUT2D eigenvalue weighted by Gasteiger charge is 2.28. The maximum atomic E-state index is 13.6. The van der Waals surface area contributed by atoms with Gasteiger partial charge < -0.3 is 20.1 Å². The Morgan fingerprint density at radius 1 is 1.09 bits per heavy atom. The van der Waals surface area contributed by atoms with E-state index in [0.29, 0.717) is 23.4 Å². The van der Waals surface area contributed by atoms with Crippen molar-refractivity contribution in [2.45, 2.75) is 25.5 Å². The summed E-state index contributed by atoms with van der Waals surface area (Å²) in [6, 6.07) is 19.9. The van der Waals surface area contributed by atoms with Crippen molar-refractivity contribution in [1.82, 2.24) is 5.32 Å². The molecule has 1 aliphatic heterocycles. The Hall–Kier alpha value is -3.87. The molecule has 1 aliphatic rings. The highest BCUT2D eigenvalue weighted by molar-refractivity contribution is 5.98. The Labute approximate surface area is 185 Å². The van der Waals surface area contributed by atoms with Crippen molar-refractivity contribution in [1.29, 1.82) is 0 Å². The molecule has 4 rings (SSSR count). The van der Waals surface area contributed by atoms with E-state index in [-0.39, 0.29) is 30.2 Å². The average Bonchev–Trinajstić information content (AvgIpc) is 3.23. The highest BCUT2D eigenvalue weighted by atomic mass is 19.1. The summed E-state index contributed by atoms with van der Waals surface area (Å²) in [5.74, 6) is -0.202. The normalized spacial score (nSPS) is 15.2. The predicted octanol–water partition coefficient (Wildman–Crippen LogP) is 3.97. The third-order valence-electron chi connectivity index (χ3n) is 5.03. The van der Waals surface area contributed by atoms with Crippen molar-refractivity contribution in [2.24, 2.45) is 0 Å². The van der Waals surface area contributed by atoms with E-state index in [0.717, 1.165) is 5.56 Å². The SMILES string of the molecule is CC(COc1ccccc1F)NC(=O)c1cccc(NC(=O)C2Cc3ccccc3O2)c1. The second-order valence-electron chi connectivity index (χ2n) is 7.60. The number of para-hydroxylation sites is 2. The lowest BCUT2D eigenvalue weighted by Gasteiger charge is -2.16. The number of hydrogen-bond acceptors (Lipinski definition) is 4. The van der Waals surface area contributed by atoms with Crippen LogP contribution in [0.3, 0.4) is 0 Å². The number of benzene rings is 3. The molecule has 0 spiro atoms. The molecular weight excluding hydrogens is 411 g/mol. The molecule has 2 atom stereocenters. The zero-order valence-electron chi connectivity index (χ0n) is 17.5. The van der Waals surface area contributed by atoms with Gasteiger partial charge in [-0.3, -0.25) is 9.59 Å². The van der Waals surface area contributed by atoms with E-state index in [1.165, 1.54) is 12.1 Å². The van der Waals surface area contributed by atoms with Crippen molar-refractivity contribution < 1.29 is 23.5 Å². The van der Waals surface area contributed by atoms with Crippen LogP contribution in [0, 0.1) is 5.82 Å². The summed E-state index contributed by atoms with van der Waals surface area (Å²) in [4.78, 5) is 25.2. The molecule has 0 saturated heterocycles. The van der Waals surface area contributed by atoms with Crippen LogP contribution in [0.2, 0.25) is 0 Å². The molecule has 0 bridgehead atoms. The van der Waals surface area contributed by atoms with E-state index >= 15 is 0 Å². The summed E-state index contributed by atoms with van der Waals surface area (Å²) in [5, 5.41) is 5.62. The average molecular weight is 434 g/mol. The van der Waals surface area contributed by atoms with Gasteiger partial charge in [-0.25, -0.2) is 4.39 Å². The molecule has 2 unspecified atom stereocenters. The number of fused-ring (bicyclic) bond motifs is 1. The second-order valence-corrected chi connectivity index (χ2v) is 7.60. The molecule has 0 saturated carbocycles. The van der Waals surface area contributed by atoms with Crippen molar-refractivity contribution in [3.05, 3.63) is 89.7 Å². The number of hydrogen-bond donors (Lipinski definition) is 2. The smallest absolute Gasteiger partial charge is 0.265 e. The maximum absolute atomic E-state index is 13.6. The molecular formula is C25H23FN2O4. The Balaban J connectivity index is 1.31. The molecule has 7 heteroatoms. The topological polar surface area (TPSA) is 76.7 Å². The van der Waals surface area contributed by atoms with Gasteiger partial charge in [-0.1, -0.05) is 36.4 Å². The van der Waals surface area contributed by atoms with Crippen LogP contribution in [-0.4, -0.2) is 30.6 Å². The molecule has 1 heterocycles. The van der Waals surface area contributed by atoms with Gasteiger partial charge in [0.2, 0.25) is 0 Å². The third kappa shape index (κ3) is 5.06. The van der Waals surface area contributed by atoms with Gasteiger partial charge >= 0.3 is 0 Å². The van der Waals surface area contributed by atoms with E-state index in [4.69, 9.17) is 9.47 Å². The summed E-state index contributed by atoms with van der Waals surface area (Å²) in [6.07, 6.45) is -0.109. The van der Waals surface area contributed by atoms with Crippen LogP contribution < -0.4 is 20.1 Å². The standard InChI is InChI=1S/C25H23FN2O4/c1-16(15-31-22-12-5-3-10-20(22)26)27-24(29)18-8-6-9-19(13-18)28-25(30)23-14-17-7-2-4-11-21(17)32-23/h2-13,16,23H,14-15H2,1H3,(H,27,29)(H,28,30). The first-order valence-corrected chi connectivity index (χ1v) is 10.3. The molecule has 0 fully saturated rings. The molecule has 2 amide bonds. The molecule has 0 radical (unpaired) electrons. The number of nitrogens with one attached hydrogen (secondary N) is 2. The fourth-order valence-electron chi connectivity index (χ4n) is 3.41. The van der Waals surface area contributed by atoms with Crippen molar-refractivity contribution in [3.8, 4) is 11.5 Å². The van der Waals surface area contributed by atoms with Crippen molar-refractivity contribution in [2.75, 3.05) is 11.9 Å². The first-order valence-electron chi connectivity index (χ1n) is 10.3. The van der Waals surface area contributed by atoms with E-state index in [2.05, 4.69) is 10.6 Å². The zero-order chi connectivity index (χ0) is 22.5. The van der Waals surface area contributed by atoms with Gasteiger partial charge in [0.1, 0.15) is 12.4 Å². The highest BCUT2D eigenvalue weighted by Crippen LogP contribution is 2.28.